The molecule has 3 heterocycles. The highest BCUT2D eigenvalue weighted by molar-refractivity contribution is 4.95. The lowest BCUT2D eigenvalue weighted by Gasteiger charge is -2.35. The van der Waals surface area contributed by atoms with E-state index in [4.69, 9.17) is 14.0 Å². The third-order valence-corrected chi connectivity index (χ3v) is 4.87. The average molecular weight is 323 g/mol. The lowest BCUT2D eigenvalue weighted by atomic mass is 10.0. The molecule has 0 aliphatic carbocycles. The predicted octanol–water partition coefficient (Wildman–Crippen LogP) is 2.40. The summed E-state index contributed by atoms with van der Waals surface area (Å²) in [6, 6.07) is 0.598. The zero-order valence-electron chi connectivity index (χ0n) is 14.4. The maximum atomic E-state index is 6.04. The Morgan fingerprint density at radius 3 is 2.87 bits per heavy atom. The van der Waals surface area contributed by atoms with Crippen LogP contribution in [0.15, 0.2) is 4.52 Å². The van der Waals surface area contributed by atoms with Crippen molar-refractivity contribution in [3.8, 4) is 0 Å². The number of aromatic nitrogens is 2. The second-order valence-corrected chi connectivity index (χ2v) is 6.91. The van der Waals surface area contributed by atoms with E-state index in [9.17, 15) is 0 Å². The van der Waals surface area contributed by atoms with Crippen LogP contribution in [0.4, 0.5) is 0 Å². The monoisotopic (exact) mass is 323 g/mol. The third kappa shape index (κ3) is 4.75. The summed E-state index contributed by atoms with van der Waals surface area (Å²) in [7, 11) is 0. The Bertz CT molecular complexity index is 471. The second kappa shape index (κ2) is 8.22. The minimum absolute atomic E-state index is 0.341. The normalized spacial score (nSPS) is 24.4. The van der Waals surface area contributed by atoms with Crippen molar-refractivity contribution >= 4 is 0 Å². The summed E-state index contributed by atoms with van der Waals surface area (Å²) < 4.78 is 16.8. The van der Waals surface area contributed by atoms with Gasteiger partial charge in [-0.1, -0.05) is 5.16 Å². The maximum Gasteiger partial charge on any atom is 0.229 e. The molecule has 6 heteroatoms. The van der Waals surface area contributed by atoms with Crippen LogP contribution in [0.2, 0.25) is 0 Å². The zero-order chi connectivity index (χ0) is 16.1. The average Bonchev–Trinajstić information content (AvgIpc) is 3.05. The van der Waals surface area contributed by atoms with Gasteiger partial charge in [-0.05, 0) is 46.1 Å². The first-order valence-corrected chi connectivity index (χ1v) is 8.98. The summed E-state index contributed by atoms with van der Waals surface area (Å²) in [5.41, 5.74) is 0. The van der Waals surface area contributed by atoms with Gasteiger partial charge in [0.2, 0.25) is 5.89 Å². The number of ether oxygens (including phenoxy) is 2. The molecule has 1 unspecified atom stereocenters. The lowest BCUT2D eigenvalue weighted by molar-refractivity contribution is -0.00782. The number of likely N-dealkylation sites (tertiary alicyclic amines) is 1. The van der Waals surface area contributed by atoms with E-state index in [1.165, 1.54) is 13.0 Å². The largest absolute Gasteiger partial charge is 0.381 e. The van der Waals surface area contributed by atoms with Gasteiger partial charge in [0, 0.05) is 38.1 Å². The summed E-state index contributed by atoms with van der Waals surface area (Å²) in [5, 5.41) is 4.10. The molecule has 3 rings (SSSR count). The van der Waals surface area contributed by atoms with Gasteiger partial charge in [-0.2, -0.15) is 4.98 Å². The Hall–Kier alpha value is -0.980. The van der Waals surface area contributed by atoms with Gasteiger partial charge in [-0.15, -0.1) is 0 Å². The Morgan fingerprint density at radius 1 is 1.26 bits per heavy atom. The fraction of sp³-hybridized carbons (Fsp3) is 0.882. The van der Waals surface area contributed by atoms with Crippen LogP contribution in [0.5, 0.6) is 0 Å². The van der Waals surface area contributed by atoms with Crippen molar-refractivity contribution in [2.24, 2.45) is 0 Å². The van der Waals surface area contributed by atoms with Crippen LogP contribution >= 0.6 is 0 Å². The van der Waals surface area contributed by atoms with Gasteiger partial charge in [-0.25, -0.2) is 0 Å². The van der Waals surface area contributed by atoms with Crippen LogP contribution in [0.25, 0.3) is 0 Å². The molecule has 1 aromatic heterocycles. The van der Waals surface area contributed by atoms with Crippen molar-refractivity contribution in [3.05, 3.63) is 11.7 Å². The molecular weight excluding hydrogens is 294 g/mol. The molecule has 0 saturated carbocycles. The lowest BCUT2D eigenvalue weighted by Crippen LogP contribution is -2.43. The molecule has 0 aromatic carbocycles. The van der Waals surface area contributed by atoms with Crippen LogP contribution in [0.1, 0.15) is 57.2 Å². The van der Waals surface area contributed by atoms with Crippen molar-refractivity contribution < 1.29 is 14.0 Å². The van der Waals surface area contributed by atoms with Crippen molar-refractivity contribution in [2.75, 3.05) is 32.9 Å². The quantitative estimate of drug-likeness (QED) is 0.801. The van der Waals surface area contributed by atoms with Crippen LogP contribution in [0, 0.1) is 0 Å². The summed E-state index contributed by atoms with van der Waals surface area (Å²) in [6.07, 6.45) is 5.40. The molecular formula is C17H29N3O3. The second-order valence-electron chi connectivity index (χ2n) is 6.91. The Morgan fingerprint density at radius 2 is 2.09 bits per heavy atom. The van der Waals surface area contributed by atoms with Crippen LogP contribution in [-0.4, -0.2) is 60.1 Å². The van der Waals surface area contributed by atoms with E-state index >= 15 is 0 Å². The van der Waals surface area contributed by atoms with Crippen molar-refractivity contribution in [3.63, 3.8) is 0 Å². The smallest absolute Gasteiger partial charge is 0.229 e. The van der Waals surface area contributed by atoms with E-state index in [1.807, 2.05) is 0 Å². The SMILES string of the molecule is CC(C)N1CCCC(OCCc2noc(C3CCOCC3)n2)C1. The van der Waals surface area contributed by atoms with E-state index in [0.29, 0.717) is 24.7 Å². The summed E-state index contributed by atoms with van der Waals surface area (Å²) >= 11 is 0. The number of nitrogens with zero attached hydrogens (tertiary/aromatic N) is 3. The molecule has 6 nitrogen and oxygen atoms in total. The number of rotatable bonds is 6. The molecule has 0 bridgehead atoms. The van der Waals surface area contributed by atoms with Gasteiger partial charge in [-0.3, -0.25) is 4.90 Å². The van der Waals surface area contributed by atoms with E-state index in [0.717, 1.165) is 57.2 Å². The highest BCUT2D eigenvalue weighted by Crippen LogP contribution is 2.25. The fourth-order valence-corrected chi connectivity index (χ4v) is 3.37. The van der Waals surface area contributed by atoms with Gasteiger partial charge in [0.15, 0.2) is 5.82 Å². The molecule has 2 aliphatic heterocycles. The first kappa shape index (κ1) is 16.9. The van der Waals surface area contributed by atoms with Crippen molar-refractivity contribution in [2.45, 2.75) is 64.0 Å². The van der Waals surface area contributed by atoms with E-state index in [2.05, 4.69) is 28.9 Å². The number of hydrogen-bond acceptors (Lipinski definition) is 6. The van der Waals surface area contributed by atoms with Crippen molar-refractivity contribution in [1.82, 2.24) is 15.0 Å². The van der Waals surface area contributed by atoms with Gasteiger partial charge in [0.25, 0.3) is 0 Å². The molecule has 1 atom stereocenters. The summed E-state index contributed by atoms with van der Waals surface area (Å²) in [4.78, 5) is 7.03. The highest BCUT2D eigenvalue weighted by atomic mass is 16.5. The third-order valence-electron chi connectivity index (χ3n) is 4.87. The van der Waals surface area contributed by atoms with E-state index in [1.54, 1.807) is 0 Å². The van der Waals surface area contributed by atoms with Crippen LogP contribution < -0.4 is 0 Å². The Kier molecular flexibility index (Phi) is 6.02. The van der Waals surface area contributed by atoms with Gasteiger partial charge < -0.3 is 14.0 Å². The zero-order valence-corrected chi connectivity index (χ0v) is 14.4. The minimum atomic E-state index is 0.341. The number of hydrogen-bond donors (Lipinski definition) is 0. The molecule has 130 valence electrons. The molecule has 23 heavy (non-hydrogen) atoms. The van der Waals surface area contributed by atoms with E-state index in [-0.39, 0.29) is 0 Å². The molecule has 2 aliphatic rings. The first-order chi connectivity index (χ1) is 11.2. The minimum Gasteiger partial charge on any atom is -0.381 e. The van der Waals surface area contributed by atoms with Gasteiger partial charge in [0.05, 0.1) is 12.7 Å². The summed E-state index contributed by atoms with van der Waals surface area (Å²) in [6.45, 7) is 8.98. The Labute approximate surface area is 138 Å². The number of piperidine rings is 1. The molecule has 0 N–H and O–H groups in total. The van der Waals surface area contributed by atoms with Gasteiger partial charge in [0.1, 0.15) is 0 Å². The molecule has 2 saturated heterocycles. The predicted molar refractivity (Wildman–Crippen MR) is 86.5 cm³/mol. The first-order valence-electron chi connectivity index (χ1n) is 8.98. The molecule has 0 radical (unpaired) electrons. The highest BCUT2D eigenvalue weighted by Gasteiger charge is 2.23. The van der Waals surface area contributed by atoms with Gasteiger partial charge >= 0.3 is 0 Å². The molecule has 0 spiro atoms. The van der Waals surface area contributed by atoms with E-state index < -0.39 is 0 Å². The van der Waals surface area contributed by atoms with Crippen molar-refractivity contribution in [1.29, 1.82) is 0 Å². The fourth-order valence-electron chi connectivity index (χ4n) is 3.37. The topological polar surface area (TPSA) is 60.6 Å². The van der Waals surface area contributed by atoms with Crippen LogP contribution in [-0.2, 0) is 15.9 Å². The Balaban J connectivity index is 1.41. The molecule has 2 fully saturated rings. The maximum absolute atomic E-state index is 6.04. The molecule has 0 amide bonds. The summed E-state index contributed by atoms with van der Waals surface area (Å²) in [5.74, 6) is 1.90. The standard InChI is InChI=1S/C17H29N3O3/c1-13(2)20-8-3-4-15(12-20)22-11-7-16-18-17(23-19-16)14-5-9-21-10-6-14/h13-15H,3-12H2,1-2H3. The van der Waals surface area contributed by atoms with Crippen LogP contribution in [0.3, 0.4) is 0 Å². The molecule has 1 aromatic rings.